The number of unbranched alkanes of at least 4 members (excludes halogenated alkanes) is 9. The molecule has 0 aromatic rings. The Kier molecular flexibility index (Phi) is 22.9. The molecule has 0 heterocycles. The van der Waals surface area contributed by atoms with Crippen molar-refractivity contribution < 1.29 is 23.8 Å². The summed E-state index contributed by atoms with van der Waals surface area (Å²) in [5, 5.41) is 6.39. The molecule has 0 aliphatic rings. The first-order valence-corrected chi connectivity index (χ1v) is 12.1. The van der Waals surface area contributed by atoms with Crippen molar-refractivity contribution in [3.05, 3.63) is 0 Å². The molecule has 0 atom stereocenters. The van der Waals surface area contributed by atoms with E-state index in [2.05, 4.69) is 24.5 Å². The highest BCUT2D eigenvalue weighted by molar-refractivity contribution is 5.69. The van der Waals surface area contributed by atoms with Crippen LogP contribution in [-0.4, -0.2) is 58.1 Å². The summed E-state index contributed by atoms with van der Waals surface area (Å²) >= 11 is 0. The molecule has 0 aromatic heterocycles. The third kappa shape index (κ3) is 22.9. The van der Waals surface area contributed by atoms with E-state index in [1.807, 2.05) is 0 Å². The van der Waals surface area contributed by atoms with Gasteiger partial charge in [0.05, 0.1) is 13.2 Å². The van der Waals surface area contributed by atoms with Gasteiger partial charge in [-0.15, -0.1) is 0 Å². The van der Waals surface area contributed by atoms with Gasteiger partial charge in [0.15, 0.2) is 0 Å². The van der Waals surface area contributed by atoms with Crippen molar-refractivity contribution in [2.75, 3.05) is 46.0 Å². The number of ether oxygens (including phenoxy) is 3. The molecule has 7 heteroatoms. The summed E-state index contributed by atoms with van der Waals surface area (Å²) in [5.74, 6) is -0.0557. The Balaban J connectivity index is 3.23. The summed E-state index contributed by atoms with van der Waals surface area (Å²) in [4.78, 5) is 23.0. The lowest BCUT2D eigenvalue weighted by Gasteiger charge is -2.07. The molecule has 0 fully saturated rings. The van der Waals surface area contributed by atoms with E-state index in [0.29, 0.717) is 32.8 Å². The molecule has 0 bridgehead atoms. The van der Waals surface area contributed by atoms with Crippen LogP contribution in [0.4, 0.5) is 4.79 Å². The topological polar surface area (TPSA) is 85.9 Å². The molecule has 0 aliphatic heterocycles. The van der Waals surface area contributed by atoms with Crippen molar-refractivity contribution in [3.63, 3.8) is 0 Å². The fourth-order valence-corrected chi connectivity index (χ4v) is 2.92. The van der Waals surface area contributed by atoms with Gasteiger partial charge in [-0.25, -0.2) is 4.79 Å². The lowest BCUT2D eigenvalue weighted by Crippen LogP contribution is -2.29. The largest absolute Gasteiger partial charge is 0.508 e. The molecule has 0 aromatic carbocycles. The number of carbonyl (C=O) groups is 2. The van der Waals surface area contributed by atoms with Gasteiger partial charge in [0, 0.05) is 26.1 Å². The Morgan fingerprint density at radius 3 is 1.87 bits per heavy atom. The molecule has 0 aliphatic carbocycles. The van der Waals surface area contributed by atoms with E-state index in [1.54, 1.807) is 0 Å². The van der Waals surface area contributed by atoms with Crippen LogP contribution in [0.2, 0.25) is 0 Å². The predicted molar refractivity (Wildman–Crippen MR) is 121 cm³/mol. The predicted octanol–water partition coefficient (Wildman–Crippen LogP) is 4.58. The maximum Gasteiger partial charge on any atom is 0.508 e. The van der Waals surface area contributed by atoms with Gasteiger partial charge in [-0.2, -0.15) is 0 Å². The van der Waals surface area contributed by atoms with Crippen LogP contribution in [0.25, 0.3) is 0 Å². The van der Waals surface area contributed by atoms with Crippen molar-refractivity contribution >= 4 is 12.1 Å². The molecule has 0 spiro atoms. The van der Waals surface area contributed by atoms with Crippen molar-refractivity contribution in [2.45, 2.75) is 90.9 Å². The van der Waals surface area contributed by atoms with Gasteiger partial charge in [-0.3, -0.25) is 4.79 Å². The van der Waals surface area contributed by atoms with E-state index in [9.17, 15) is 9.59 Å². The average molecular weight is 431 g/mol. The van der Waals surface area contributed by atoms with Gasteiger partial charge in [-0.05, 0) is 25.8 Å². The Morgan fingerprint density at radius 2 is 1.17 bits per heavy atom. The van der Waals surface area contributed by atoms with E-state index in [4.69, 9.17) is 14.2 Å². The van der Waals surface area contributed by atoms with Crippen LogP contribution in [0.5, 0.6) is 0 Å². The molecular formula is C23H46N2O5. The molecule has 0 radical (unpaired) electrons. The zero-order valence-corrected chi connectivity index (χ0v) is 19.5. The number of esters is 1. The summed E-state index contributed by atoms with van der Waals surface area (Å²) in [6.07, 6.45) is 11.8. The van der Waals surface area contributed by atoms with Crippen LogP contribution in [0.3, 0.4) is 0 Å². The van der Waals surface area contributed by atoms with E-state index in [0.717, 1.165) is 77.4 Å². The van der Waals surface area contributed by atoms with E-state index < -0.39 is 6.16 Å². The van der Waals surface area contributed by atoms with E-state index in [-0.39, 0.29) is 5.97 Å². The third-order valence-corrected chi connectivity index (χ3v) is 4.73. The Hall–Kier alpha value is -1.34. The van der Waals surface area contributed by atoms with Crippen molar-refractivity contribution in [1.82, 2.24) is 10.6 Å². The summed E-state index contributed by atoms with van der Waals surface area (Å²) in [7, 11) is 0. The molecule has 0 saturated heterocycles. The zero-order chi connectivity index (χ0) is 22.1. The fraction of sp³-hybridized carbons (Fsp3) is 0.913. The Morgan fingerprint density at radius 1 is 0.600 bits per heavy atom. The smallest absolute Gasteiger partial charge is 0.466 e. The van der Waals surface area contributed by atoms with Crippen LogP contribution >= 0.6 is 0 Å². The molecule has 0 unspecified atom stereocenters. The summed E-state index contributed by atoms with van der Waals surface area (Å²) in [6.45, 7) is 8.91. The minimum atomic E-state index is -0.583. The van der Waals surface area contributed by atoms with Gasteiger partial charge in [-0.1, -0.05) is 65.2 Å². The molecule has 2 N–H and O–H groups in total. The molecular weight excluding hydrogens is 384 g/mol. The monoisotopic (exact) mass is 430 g/mol. The first-order valence-electron chi connectivity index (χ1n) is 12.1. The summed E-state index contributed by atoms with van der Waals surface area (Å²) in [6, 6.07) is 0. The molecule has 30 heavy (non-hydrogen) atoms. The molecule has 0 amide bonds. The van der Waals surface area contributed by atoms with Gasteiger partial charge in [0.1, 0.15) is 6.61 Å². The summed E-state index contributed by atoms with van der Waals surface area (Å²) in [5.41, 5.74) is 0. The van der Waals surface area contributed by atoms with Crippen LogP contribution < -0.4 is 10.6 Å². The number of hydrogen-bond acceptors (Lipinski definition) is 7. The number of hydrogen-bond donors (Lipinski definition) is 2. The number of likely N-dealkylation sites (N-methyl/N-ethyl adjacent to an activating group) is 1. The standard InChI is InChI=1S/C23H46N2O5/c1-3-5-6-13-19-28-22(26)15-12-10-8-7-9-11-14-20-29-23(27)30-21-18-25-17-16-24-4-2/h24-25H,3-21H2,1-2H3. The van der Waals surface area contributed by atoms with Gasteiger partial charge >= 0.3 is 12.1 Å². The quantitative estimate of drug-likeness (QED) is 0.192. The molecule has 0 saturated carbocycles. The van der Waals surface area contributed by atoms with Gasteiger partial charge in [0.2, 0.25) is 0 Å². The SMILES string of the molecule is CCCCCCOC(=O)CCCCCCCCCOC(=O)OCCNCCNCC. The van der Waals surface area contributed by atoms with Crippen LogP contribution in [0.15, 0.2) is 0 Å². The Labute approximate surface area is 184 Å². The van der Waals surface area contributed by atoms with Crippen molar-refractivity contribution in [3.8, 4) is 0 Å². The highest BCUT2D eigenvalue weighted by atomic mass is 16.7. The molecule has 178 valence electrons. The van der Waals surface area contributed by atoms with E-state index >= 15 is 0 Å². The van der Waals surface area contributed by atoms with Gasteiger partial charge < -0.3 is 24.8 Å². The zero-order valence-electron chi connectivity index (χ0n) is 19.5. The maximum absolute atomic E-state index is 11.6. The number of carbonyl (C=O) groups excluding carboxylic acids is 2. The fourth-order valence-electron chi connectivity index (χ4n) is 2.92. The van der Waals surface area contributed by atoms with E-state index in [1.165, 1.54) is 12.8 Å². The lowest BCUT2D eigenvalue weighted by atomic mass is 10.1. The van der Waals surface area contributed by atoms with Crippen LogP contribution in [-0.2, 0) is 19.0 Å². The summed E-state index contributed by atoms with van der Waals surface area (Å²) < 4.78 is 15.3. The molecule has 7 nitrogen and oxygen atoms in total. The highest BCUT2D eigenvalue weighted by Crippen LogP contribution is 2.09. The van der Waals surface area contributed by atoms with Crippen LogP contribution in [0, 0.1) is 0 Å². The minimum Gasteiger partial charge on any atom is -0.466 e. The second kappa shape index (κ2) is 23.9. The second-order valence-electron chi connectivity index (χ2n) is 7.56. The van der Waals surface area contributed by atoms with Crippen LogP contribution in [0.1, 0.15) is 90.9 Å². The van der Waals surface area contributed by atoms with Gasteiger partial charge in [0.25, 0.3) is 0 Å². The maximum atomic E-state index is 11.6. The average Bonchev–Trinajstić information content (AvgIpc) is 2.74. The van der Waals surface area contributed by atoms with Crippen molar-refractivity contribution in [2.24, 2.45) is 0 Å². The first kappa shape index (κ1) is 28.7. The lowest BCUT2D eigenvalue weighted by molar-refractivity contribution is -0.143. The normalized spacial score (nSPS) is 10.7. The number of rotatable bonds is 22. The first-order chi connectivity index (χ1) is 14.7. The highest BCUT2D eigenvalue weighted by Gasteiger charge is 2.04. The third-order valence-electron chi connectivity index (χ3n) is 4.73. The molecule has 0 rings (SSSR count). The minimum absolute atomic E-state index is 0.0557. The number of nitrogens with one attached hydrogen (secondary N) is 2. The van der Waals surface area contributed by atoms with Crippen molar-refractivity contribution in [1.29, 1.82) is 0 Å². The Bertz CT molecular complexity index is 394. The second-order valence-corrected chi connectivity index (χ2v) is 7.56.